The molecular formula is C24H25N5O2. The molecule has 0 aliphatic carbocycles. The van der Waals surface area contributed by atoms with Crippen LogP contribution in [0.15, 0.2) is 53.5 Å². The fourth-order valence-electron chi connectivity index (χ4n) is 3.66. The number of pyridine rings is 1. The largest absolute Gasteiger partial charge is 0.489 e. The molecule has 0 amide bonds. The summed E-state index contributed by atoms with van der Waals surface area (Å²) < 4.78 is 8.73. The smallest absolute Gasteiger partial charge is 0.368 e. The van der Waals surface area contributed by atoms with Crippen molar-refractivity contribution in [2.24, 2.45) is 7.05 Å². The van der Waals surface area contributed by atoms with E-state index in [9.17, 15) is 4.79 Å². The monoisotopic (exact) mass is 415 g/mol. The molecule has 7 heteroatoms. The third-order valence-electron chi connectivity index (χ3n) is 5.49. The Hall–Kier alpha value is -3.74. The summed E-state index contributed by atoms with van der Waals surface area (Å²) in [5.74, 6) is 0.801. The van der Waals surface area contributed by atoms with Gasteiger partial charge in [0.25, 0.3) is 0 Å². The van der Waals surface area contributed by atoms with E-state index in [-0.39, 0.29) is 5.69 Å². The lowest BCUT2D eigenvalue weighted by Gasteiger charge is -2.16. The van der Waals surface area contributed by atoms with Gasteiger partial charge in [-0.1, -0.05) is 18.2 Å². The van der Waals surface area contributed by atoms with E-state index in [0.717, 1.165) is 44.8 Å². The number of nitrogens with zero attached hydrogens (tertiary/aromatic N) is 5. The summed E-state index contributed by atoms with van der Waals surface area (Å²) in [7, 11) is 1.58. The van der Waals surface area contributed by atoms with Gasteiger partial charge in [-0.15, -0.1) is 0 Å². The highest BCUT2D eigenvalue weighted by molar-refractivity contribution is 5.69. The number of hydrogen-bond acceptors (Lipinski definition) is 5. The van der Waals surface area contributed by atoms with Gasteiger partial charge in [-0.05, 0) is 84.6 Å². The van der Waals surface area contributed by atoms with Crippen molar-refractivity contribution in [2.45, 2.75) is 34.3 Å². The van der Waals surface area contributed by atoms with Crippen LogP contribution in [0.2, 0.25) is 0 Å². The normalized spacial score (nSPS) is 11.0. The minimum atomic E-state index is -0.297. The zero-order chi connectivity index (χ0) is 22.1. The molecule has 2 aromatic carbocycles. The molecule has 0 bridgehead atoms. The van der Waals surface area contributed by atoms with E-state index in [0.29, 0.717) is 12.3 Å². The molecular weight excluding hydrogens is 390 g/mol. The van der Waals surface area contributed by atoms with E-state index in [1.54, 1.807) is 7.05 Å². The van der Waals surface area contributed by atoms with Crippen LogP contribution in [0.3, 0.4) is 0 Å². The molecule has 31 heavy (non-hydrogen) atoms. The van der Waals surface area contributed by atoms with E-state index >= 15 is 0 Å². The highest BCUT2D eigenvalue weighted by Crippen LogP contribution is 2.31. The molecule has 0 unspecified atom stereocenters. The van der Waals surface area contributed by atoms with Crippen LogP contribution in [0.4, 0.5) is 0 Å². The van der Waals surface area contributed by atoms with Crippen LogP contribution in [0.1, 0.15) is 27.8 Å². The Morgan fingerprint density at radius 2 is 1.68 bits per heavy atom. The second kappa shape index (κ2) is 8.18. The minimum absolute atomic E-state index is 0.297. The molecule has 0 saturated carbocycles. The van der Waals surface area contributed by atoms with Crippen molar-refractivity contribution in [1.82, 2.24) is 24.8 Å². The number of benzene rings is 2. The molecule has 7 nitrogen and oxygen atoms in total. The van der Waals surface area contributed by atoms with Gasteiger partial charge in [0.2, 0.25) is 0 Å². The van der Waals surface area contributed by atoms with Gasteiger partial charge in [-0.2, -0.15) is 9.36 Å². The van der Waals surface area contributed by atoms with Crippen molar-refractivity contribution in [1.29, 1.82) is 0 Å². The number of aryl methyl sites for hydroxylation is 5. The molecule has 0 atom stereocenters. The highest BCUT2D eigenvalue weighted by Gasteiger charge is 2.15. The first-order chi connectivity index (χ1) is 14.9. The van der Waals surface area contributed by atoms with Crippen LogP contribution in [0.5, 0.6) is 5.75 Å². The summed E-state index contributed by atoms with van der Waals surface area (Å²) in [5, 5.41) is 7.81. The number of aromatic nitrogens is 5. The predicted octanol–water partition coefficient (Wildman–Crippen LogP) is 3.84. The number of ether oxygens (including phenoxy) is 1. The molecule has 0 N–H and O–H groups in total. The fraction of sp³-hybridized carbons (Fsp3) is 0.250. The van der Waals surface area contributed by atoms with Crippen LogP contribution < -0.4 is 10.4 Å². The second-order valence-corrected chi connectivity index (χ2v) is 7.76. The number of hydrogen-bond donors (Lipinski definition) is 0. The molecule has 0 spiro atoms. The summed E-state index contributed by atoms with van der Waals surface area (Å²) in [6, 6.07) is 13.9. The summed E-state index contributed by atoms with van der Waals surface area (Å²) in [6.45, 7) is 8.47. The molecule has 4 rings (SSSR count). The van der Waals surface area contributed by atoms with Crippen molar-refractivity contribution in [3.8, 4) is 22.7 Å². The zero-order valence-corrected chi connectivity index (χ0v) is 18.4. The highest BCUT2D eigenvalue weighted by atomic mass is 16.5. The van der Waals surface area contributed by atoms with Crippen molar-refractivity contribution in [3.63, 3.8) is 0 Å². The first-order valence-electron chi connectivity index (χ1n) is 10.1. The summed E-state index contributed by atoms with van der Waals surface area (Å²) >= 11 is 0. The van der Waals surface area contributed by atoms with Crippen LogP contribution in [-0.2, 0) is 13.7 Å². The molecule has 0 fully saturated rings. The standard InChI is InChI=1S/C24H25N5O2/c1-15-8-6-10-21(29-24(30)28(5)26-27-29)20(15)14-31-22-13-17(3)19(12-18(22)4)23-16(2)9-7-11-25-23/h6-13H,14H2,1-5H3. The Morgan fingerprint density at radius 3 is 2.39 bits per heavy atom. The Morgan fingerprint density at radius 1 is 0.903 bits per heavy atom. The fourth-order valence-corrected chi connectivity index (χ4v) is 3.66. The van der Waals surface area contributed by atoms with Crippen LogP contribution in [0.25, 0.3) is 16.9 Å². The molecule has 158 valence electrons. The average Bonchev–Trinajstić information content (AvgIpc) is 3.08. The molecule has 0 radical (unpaired) electrons. The number of tetrazole rings is 1. The van der Waals surface area contributed by atoms with Crippen LogP contribution in [0, 0.1) is 27.7 Å². The van der Waals surface area contributed by atoms with Gasteiger partial charge in [-0.25, -0.2) is 4.79 Å². The summed E-state index contributed by atoms with van der Waals surface area (Å²) in [6.07, 6.45) is 1.82. The first-order valence-corrected chi connectivity index (χ1v) is 10.1. The number of rotatable bonds is 5. The van der Waals surface area contributed by atoms with Gasteiger partial charge < -0.3 is 4.74 Å². The molecule has 2 heterocycles. The molecule has 0 aliphatic rings. The van der Waals surface area contributed by atoms with E-state index < -0.39 is 0 Å². The average molecular weight is 415 g/mol. The molecule has 0 aliphatic heterocycles. The van der Waals surface area contributed by atoms with E-state index in [2.05, 4.69) is 41.4 Å². The van der Waals surface area contributed by atoms with Gasteiger partial charge >= 0.3 is 5.69 Å². The quantitative estimate of drug-likeness (QED) is 0.495. The minimum Gasteiger partial charge on any atom is -0.489 e. The Kier molecular flexibility index (Phi) is 5.42. The summed E-state index contributed by atoms with van der Waals surface area (Å²) in [5.41, 5.74) is 7.63. The Labute approximate surface area is 180 Å². The Balaban J connectivity index is 1.67. The van der Waals surface area contributed by atoms with E-state index in [1.807, 2.05) is 50.4 Å². The van der Waals surface area contributed by atoms with E-state index in [4.69, 9.17) is 4.74 Å². The van der Waals surface area contributed by atoms with Crippen molar-refractivity contribution in [3.05, 3.63) is 87.0 Å². The van der Waals surface area contributed by atoms with Crippen molar-refractivity contribution < 1.29 is 4.74 Å². The first kappa shape index (κ1) is 20.5. The third kappa shape index (κ3) is 3.86. The second-order valence-electron chi connectivity index (χ2n) is 7.76. The van der Waals surface area contributed by atoms with Crippen molar-refractivity contribution in [2.75, 3.05) is 0 Å². The lowest BCUT2D eigenvalue weighted by molar-refractivity contribution is 0.302. The maximum absolute atomic E-state index is 12.4. The summed E-state index contributed by atoms with van der Waals surface area (Å²) in [4.78, 5) is 16.9. The molecule has 0 saturated heterocycles. The predicted molar refractivity (Wildman–Crippen MR) is 120 cm³/mol. The van der Waals surface area contributed by atoms with Gasteiger partial charge in [0.05, 0.1) is 11.4 Å². The Bertz CT molecular complexity index is 1320. The maximum Gasteiger partial charge on any atom is 0.368 e. The van der Waals surface area contributed by atoms with Gasteiger partial charge in [0.1, 0.15) is 12.4 Å². The maximum atomic E-state index is 12.4. The lowest BCUT2D eigenvalue weighted by atomic mass is 9.99. The molecule has 4 aromatic rings. The zero-order valence-electron chi connectivity index (χ0n) is 18.4. The third-order valence-corrected chi connectivity index (χ3v) is 5.49. The van der Waals surface area contributed by atoms with Crippen molar-refractivity contribution >= 4 is 0 Å². The van der Waals surface area contributed by atoms with Crippen LogP contribution >= 0.6 is 0 Å². The van der Waals surface area contributed by atoms with Gasteiger partial charge in [0, 0.05) is 24.4 Å². The van der Waals surface area contributed by atoms with Crippen LogP contribution in [-0.4, -0.2) is 24.8 Å². The van der Waals surface area contributed by atoms with Gasteiger partial charge in [-0.3, -0.25) is 4.98 Å². The van der Waals surface area contributed by atoms with E-state index in [1.165, 1.54) is 9.36 Å². The lowest BCUT2D eigenvalue weighted by Crippen LogP contribution is -2.23. The van der Waals surface area contributed by atoms with Gasteiger partial charge in [0.15, 0.2) is 0 Å². The molecule has 2 aromatic heterocycles. The SMILES string of the molecule is Cc1cc(-c2ncccc2C)c(C)cc1OCc1c(C)cccc1-n1nnn(C)c1=O. The topological polar surface area (TPSA) is 74.8 Å².